The second kappa shape index (κ2) is 9.30. The first-order valence-corrected chi connectivity index (χ1v) is 11.4. The Morgan fingerprint density at radius 3 is 2.55 bits per heavy atom. The van der Waals surface area contributed by atoms with Gasteiger partial charge in [-0.25, -0.2) is 0 Å². The minimum absolute atomic E-state index is 0.0559. The first-order valence-electron chi connectivity index (χ1n) is 11.4. The van der Waals surface area contributed by atoms with Crippen LogP contribution in [0, 0.1) is 22.7 Å². The quantitative estimate of drug-likeness (QED) is 0.326. The van der Waals surface area contributed by atoms with Gasteiger partial charge in [0.1, 0.15) is 5.78 Å². The van der Waals surface area contributed by atoms with Gasteiger partial charge in [-0.15, -0.1) is 0 Å². The molecule has 0 heterocycles. The molecular formula is C24H38O5. The Morgan fingerprint density at radius 1 is 1.24 bits per heavy atom. The van der Waals surface area contributed by atoms with Crippen molar-refractivity contribution in [1.82, 2.24) is 0 Å². The van der Waals surface area contributed by atoms with Gasteiger partial charge in [-0.1, -0.05) is 44.8 Å². The van der Waals surface area contributed by atoms with Gasteiger partial charge in [0.15, 0.2) is 0 Å². The normalized spacial score (nSPS) is 30.9. The van der Waals surface area contributed by atoms with Crippen molar-refractivity contribution in [3.8, 4) is 0 Å². The van der Waals surface area contributed by atoms with Gasteiger partial charge in [-0.3, -0.25) is 9.59 Å². The second-order valence-corrected chi connectivity index (χ2v) is 10.1. The van der Waals surface area contributed by atoms with Crippen molar-refractivity contribution in [2.24, 2.45) is 22.7 Å². The number of hydrogen-bond donors (Lipinski definition) is 2. The van der Waals surface area contributed by atoms with Crippen molar-refractivity contribution < 1.29 is 24.5 Å². The van der Waals surface area contributed by atoms with Crippen LogP contribution in [0.1, 0.15) is 84.0 Å². The number of rotatable bonds is 10. The lowest BCUT2D eigenvalue weighted by atomic mass is 9.44. The highest BCUT2D eigenvalue weighted by molar-refractivity contribution is 5.84. The zero-order chi connectivity index (χ0) is 21.1. The maximum absolute atomic E-state index is 12.4. The molecule has 0 aromatic rings. The first kappa shape index (κ1) is 22.5. The number of aliphatic hydroxyl groups excluding tert-OH is 2. The molecule has 0 saturated heterocycles. The van der Waals surface area contributed by atoms with Gasteiger partial charge >= 0.3 is 5.97 Å². The number of hydrogen-bond acceptors (Lipinski definition) is 5. The van der Waals surface area contributed by atoms with Crippen LogP contribution in [0.25, 0.3) is 0 Å². The van der Waals surface area contributed by atoms with Crippen LogP contribution < -0.4 is 0 Å². The molecule has 5 heteroatoms. The number of Topliss-reactive ketones (excluding diaryl/α,β-unsaturated/α-hetero) is 1. The number of ether oxygens (including phenoxy) is 1. The fourth-order valence-corrected chi connectivity index (χ4v) is 6.05. The van der Waals surface area contributed by atoms with Crippen LogP contribution in [-0.4, -0.2) is 41.3 Å². The summed E-state index contributed by atoms with van der Waals surface area (Å²) in [4.78, 5) is 23.5. The van der Waals surface area contributed by atoms with Gasteiger partial charge in [0, 0.05) is 24.7 Å². The molecule has 3 fully saturated rings. The summed E-state index contributed by atoms with van der Waals surface area (Å²) in [6.07, 6.45) is 13.8. The number of unbranched alkanes of at least 4 members (excludes halogenated alkanes) is 3. The van der Waals surface area contributed by atoms with Gasteiger partial charge < -0.3 is 14.9 Å². The van der Waals surface area contributed by atoms with E-state index in [1.54, 1.807) is 0 Å². The second-order valence-electron chi connectivity index (χ2n) is 10.1. The Kier molecular flexibility index (Phi) is 7.21. The van der Waals surface area contributed by atoms with Crippen LogP contribution >= 0.6 is 0 Å². The summed E-state index contributed by atoms with van der Waals surface area (Å²) >= 11 is 0. The Labute approximate surface area is 174 Å². The third kappa shape index (κ3) is 5.11. The van der Waals surface area contributed by atoms with E-state index < -0.39 is 12.2 Å². The number of carbonyl (C=O) groups is 2. The highest BCUT2D eigenvalue weighted by atomic mass is 16.5. The Morgan fingerprint density at radius 2 is 1.93 bits per heavy atom. The molecular weight excluding hydrogens is 368 g/mol. The van der Waals surface area contributed by atoms with Crippen molar-refractivity contribution in [2.75, 3.05) is 7.11 Å². The predicted octanol–water partition coefficient (Wildman–Crippen LogP) is 3.95. The fourth-order valence-electron chi connectivity index (χ4n) is 6.05. The molecule has 2 N–H and O–H groups in total. The summed E-state index contributed by atoms with van der Waals surface area (Å²) in [5.41, 5.74) is 0.447. The van der Waals surface area contributed by atoms with E-state index in [2.05, 4.69) is 11.7 Å². The van der Waals surface area contributed by atoms with Crippen molar-refractivity contribution in [1.29, 1.82) is 0 Å². The van der Waals surface area contributed by atoms with Crippen molar-refractivity contribution in [2.45, 2.75) is 96.2 Å². The standard InChI is InChI=1S/C24H38O5/c1-23(15-24(16-23)12-7-13-24)21(27)11-10-18-17(19(25)14-20(18)26)8-5-3-4-6-9-22(28)29-2/h10-11,17-18,20-21,26-27H,3-9,12-16H2,1-2H3/b11-10+/t17-,18-,20-,21-/m1/s1. The number of ketones is 1. The molecule has 29 heavy (non-hydrogen) atoms. The third-order valence-corrected chi connectivity index (χ3v) is 7.81. The van der Waals surface area contributed by atoms with E-state index in [9.17, 15) is 19.8 Å². The Balaban J connectivity index is 1.44. The smallest absolute Gasteiger partial charge is 0.305 e. The molecule has 0 aromatic heterocycles. The summed E-state index contributed by atoms with van der Waals surface area (Å²) < 4.78 is 4.64. The van der Waals surface area contributed by atoms with Crippen LogP contribution in [0.5, 0.6) is 0 Å². The van der Waals surface area contributed by atoms with Crippen LogP contribution in [0.15, 0.2) is 12.2 Å². The highest BCUT2D eigenvalue weighted by Crippen LogP contribution is 2.65. The summed E-state index contributed by atoms with van der Waals surface area (Å²) in [5, 5.41) is 21.1. The summed E-state index contributed by atoms with van der Waals surface area (Å²) in [7, 11) is 1.40. The van der Waals surface area contributed by atoms with Gasteiger partial charge in [-0.05, 0) is 49.4 Å². The predicted molar refractivity (Wildman–Crippen MR) is 111 cm³/mol. The van der Waals surface area contributed by atoms with Crippen LogP contribution in [0.4, 0.5) is 0 Å². The molecule has 0 unspecified atom stereocenters. The molecule has 0 amide bonds. The van der Waals surface area contributed by atoms with Crippen LogP contribution in [-0.2, 0) is 14.3 Å². The molecule has 5 nitrogen and oxygen atoms in total. The van der Waals surface area contributed by atoms with Gasteiger partial charge in [0.25, 0.3) is 0 Å². The Bertz CT molecular complexity index is 613. The molecule has 0 aliphatic heterocycles. The van der Waals surface area contributed by atoms with Crippen LogP contribution in [0.3, 0.4) is 0 Å². The van der Waals surface area contributed by atoms with E-state index in [0.717, 1.165) is 44.9 Å². The van der Waals surface area contributed by atoms with Crippen LogP contribution in [0.2, 0.25) is 0 Å². The van der Waals surface area contributed by atoms with E-state index in [-0.39, 0.29) is 35.4 Å². The average Bonchev–Trinajstić information content (AvgIpc) is 2.90. The fraction of sp³-hybridized carbons (Fsp3) is 0.833. The number of aliphatic hydroxyl groups is 2. The summed E-state index contributed by atoms with van der Waals surface area (Å²) in [6, 6.07) is 0. The average molecular weight is 407 g/mol. The van der Waals surface area contributed by atoms with E-state index in [0.29, 0.717) is 11.8 Å². The van der Waals surface area contributed by atoms with E-state index in [1.807, 2.05) is 12.2 Å². The molecule has 3 rings (SSSR count). The molecule has 3 aliphatic carbocycles. The Hall–Kier alpha value is -1.20. The monoisotopic (exact) mass is 406 g/mol. The van der Waals surface area contributed by atoms with Gasteiger partial charge in [-0.2, -0.15) is 0 Å². The van der Waals surface area contributed by atoms with Crippen molar-refractivity contribution in [3.05, 3.63) is 12.2 Å². The third-order valence-electron chi connectivity index (χ3n) is 7.81. The maximum Gasteiger partial charge on any atom is 0.305 e. The highest BCUT2D eigenvalue weighted by Gasteiger charge is 2.56. The zero-order valence-corrected chi connectivity index (χ0v) is 18.1. The summed E-state index contributed by atoms with van der Waals surface area (Å²) in [6.45, 7) is 2.16. The molecule has 4 atom stereocenters. The minimum Gasteiger partial charge on any atom is -0.469 e. The number of carbonyl (C=O) groups excluding carboxylic acids is 2. The SMILES string of the molecule is COC(=O)CCCCCC[C@H]1C(=O)C[C@@H](O)[C@@H]1/C=C/[C@@H](O)C1(C)CC2(CCC2)C1. The zero-order valence-electron chi connectivity index (χ0n) is 18.1. The summed E-state index contributed by atoms with van der Waals surface area (Å²) in [5.74, 6) is -0.375. The lowest BCUT2D eigenvalue weighted by Crippen LogP contribution is -2.53. The molecule has 164 valence electrons. The first-order chi connectivity index (χ1) is 13.8. The van der Waals surface area contributed by atoms with Crippen molar-refractivity contribution in [3.63, 3.8) is 0 Å². The topological polar surface area (TPSA) is 83.8 Å². The lowest BCUT2D eigenvalue weighted by molar-refractivity contribution is -0.140. The van der Waals surface area contributed by atoms with Gasteiger partial charge in [0.05, 0.1) is 19.3 Å². The lowest BCUT2D eigenvalue weighted by Gasteiger charge is -2.61. The molecule has 0 bridgehead atoms. The molecule has 0 radical (unpaired) electrons. The maximum atomic E-state index is 12.4. The molecule has 1 spiro atoms. The van der Waals surface area contributed by atoms with E-state index in [1.165, 1.54) is 26.4 Å². The van der Waals surface area contributed by atoms with Crippen molar-refractivity contribution >= 4 is 11.8 Å². The molecule has 0 aromatic carbocycles. The largest absolute Gasteiger partial charge is 0.469 e. The number of esters is 1. The molecule has 3 aliphatic rings. The molecule has 3 saturated carbocycles. The minimum atomic E-state index is -0.637. The van der Waals surface area contributed by atoms with Gasteiger partial charge in [0.2, 0.25) is 0 Å². The van der Waals surface area contributed by atoms with E-state index in [4.69, 9.17) is 0 Å². The number of methoxy groups -OCH3 is 1. The van der Waals surface area contributed by atoms with E-state index >= 15 is 0 Å².